The van der Waals surface area contributed by atoms with Gasteiger partial charge in [0.05, 0.1) is 6.61 Å². The predicted molar refractivity (Wildman–Crippen MR) is 196 cm³/mol. The number of fused-ring (bicyclic) bond motifs is 1. The Labute approximate surface area is 308 Å². The summed E-state index contributed by atoms with van der Waals surface area (Å²) in [5, 5.41) is 8.97. The molecule has 0 radical (unpaired) electrons. The lowest BCUT2D eigenvalue weighted by atomic mass is 9.96. The lowest BCUT2D eigenvalue weighted by Gasteiger charge is -2.39. The predicted octanol–water partition coefficient (Wildman–Crippen LogP) is 2.38. The summed E-state index contributed by atoms with van der Waals surface area (Å²) in [5.74, 6) is -2.94. The Bertz CT molecular complexity index is 1700. The first-order chi connectivity index (χ1) is 25.0. The van der Waals surface area contributed by atoms with Crippen LogP contribution >= 0.6 is 11.6 Å². The number of likely N-dealkylation sites (tertiary alicyclic amines) is 1. The number of esters is 1. The maximum Gasteiger partial charge on any atom is 0.328 e. The van der Waals surface area contributed by atoms with Crippen molar-refractivity contribution in [2.75, 3.05) is 32.6 Å². The van der Waals surface area contributed by atoms with Gasteiger partial charge in [-0.15, -0.1) is 11.6 Å². The highest BCUT2D eigenvalue weighted by atomic mass is 35.5. The third-order valence-corrected chi connectivity index (χ3v) is 9.44. The van der Waals surface area contributed by atoms with Crippen LogP contribution in [0.15, 0.2) is 60.8 Å². The highest BCUT2D eigenvalue weighted by Gasteiger charge is 2.39. The van der Waals surface area contributed by atoms with Gasteiger partial charge in [0.1, 0.15) is 30.0 Å². The average molecular weight is 738 g/mol. The van der Waals surface area contributed by atoms with Gasteiger partial charge in [0, 0.05) is 50.1 Å². The summed E-state index contributed by atoms with van der Waals surface area (Å²) in [6, 6.07) is 12.1. The van der Waals surface area contributed by atoms with E-state index in [2.05, 4.69) is 20.9 Å². The number of alkyl halides is 1. The van der Waals surface area contributed by atoms with E-state index < -0.39 is 59.8 Å². The SMILES string of the molecule is CCOC(=O)[C@H](CCCNC(N)=O)NC(=O)[C@H](Cc1c[nH]c2ccccc12)NC(=O)[C@@H]1CCCCN1C(=O)[C@H](Cc1ccccc1)N(C)C(=O)CCl. The summed E-state index contributed by atoms with van der Waals surface area (Å²) in [7, 11) is 1.53. The molecular weight excluding hydrogens is 690 g/mol. The number of aromatic nitrogens is 1. The molecule has 14 nitrogen and oxygen atoms in total. The van der Waals surface area contributed by atoms with Crippen molar-refractivity contribution in [2.24, 2.45) is 5.73 Å². The molecule has 1 aliphatic heterocycles. The minimum atomic E-state index is -1.15. The third-order valence-electron chi connectivity index (χ3n) is 9.21. The number of nitrogens with two attached hydrogens (primary N) is 1. The standard InChI is InChI=1S/C37H48ClN7O7/c1-3-52-36(50)28(16-11-18-40-37(39)51)42-33(47)29(21-25-23-41-27-15-8-7-14-26(25)27)43-34(48)30-17-9-10-19-45(30)35(49)31(44(2)32(46)22-38)20-24-12-5-4-6-13-24/h4-8,12-15,23,28-31,41H,3,9-11,16-22H2,1-2H3,(H,42,47)(H,43,48)(H3,39,40,51)/t28-,29-,30-,31-/m0/s1. The van der Waals surface area contributed by atoms with Gasteiger partial charge in [0.2, 0.25) is 23.6 Å². The van der Waals surface area contributed by atoms with E-state index in [1.165, 1.54) is 16.8 Å². The molecule has 3 aromatic rings. The summed E-state index contributed by atoms with van der Waals surface area (Å²) in [4.78, 5) is 85.4. The lowest BCUT2D eigenvalue weighted by molar-refractivity contribution is -0.150. The van der Waals surface area contributed by atoms with Gasteiger partial charge in [-0.05, 0) is 56.2 Å². The van der Waals surface area contributed by atoms with Gasteiger partial charge in [0.25, 0.3) is 0 Å². The van der Waals surface area contributed by atoms with E-state index in [1.807, 2.05) is 54.6 Å². The molecule has 1 fully saturated rings. The minimum absolute atomic E-state index is 0.0740. The van der Waals surface area contributed by atoms with Crippen molar-refractivity contribution in [1.82, 2.24) is 30.7 Å². The number of benzene rings is 2. The third kappa shape index (κ3) is 10.7. The Balaban J connectivity index is 1.60. The Kier molecular flexibility index (Phi) is 14.9. The van der Waals surface area contributed by atoms with Crippen LogP contribution in [0.5, 0.6) is 0 Å². The zero-order valence-electron chi connectivity index (χ0n) is 29.6. The number of aromatic amines is 1. The van der Waals surface area contributed by atoms with E-state index in [1.54, 1.807) is 13.1 Å². The Hall–Kier alpha value is -5.11. The summed E-state index contributed by atoms with van der Waals surface area (Å²) in [5.41, 5.74) is 7.60. The maximum atomic E-state index is 14.3. The molecule has 2 aromatic carbocycles. The second-order valence-electron chi connectivity index (χ2n) is 12.8. The molecule has 1 saturated heterocycles. The van der Waals surface area contributed by atoms with Crippen molar-refractivity contribution >= 4 is 58.1 Å². The topological polar surface area (TPSA) is 196 Å². The second kappa shape index (κ2) is 19.5. The molecule has 2 heterocycles. The number of carbonyl (C=O) groups excluding carboxylic acids is 6. The number of ether oxygens (including phenoxy) is 1. The number of halogens is 1. The molecule has 15 heteroatoms. The quantitative estimate of drug-likeness (QED) is 0.0797. The molecule has 280 valence electrons. The number of piperidine rings is 1. The average Bonchev–Trinajstić information content (AvgIpc) is 3.56. The Morgan fingerprint density at radius 3 is 2.44 bits per heavy atom. The number of urea groups is 1. The van der Waals surface area contributed by atoms with Crippen LogP contribution in [0, 0.1) is 0 Å². The molecule has 0 unspecified atom stereocenters. The molecule has 52 heavy (non-hydrogen) atoms. The molecule has 4 rings (SSSR count). The summed E-state index contributed by atoms with van der Waals surface area (Å²) in [6.07, 6.45) is 4.20. The number of nitrogens with zero attached hydrogens (tertiary/aromatic N) is 2. The summed E-state index contributed by atoms with van der Waals surface area (Å²) < 4.78 is 5.21. The number of hydrogen-bond acceptors (Lipinski definition) is 7. The molecule has 4 atom stereocenters. The molecule has 0 spiro atoms. The van der Waals surface area contributed by atoms with Crippen molar-refractivity contribution in [1.29, 1.82) is 0 Å². The van der Waals surface area contributed by atoms with Crippen molar-refractivity contribution in [3.63, 3.8) is 0 Å². The first-order valence-corrected chi connectivity index (χ1v) is 18.1. The van der Waals surface area contributed by atoms with Gasteiger partial charge >= 0.3 is 12.0 Å². The van der Waals surface area contributed by atoms with Crippen LogP contribution in [0.4, 0.5) is 4.79 Å². The highest BCUT2D eigenvalue weighted by Crippen LogP contribution is 2.23. The lowest BCUT2D eigenvalue weighted by Crippen LogP contribution is -2.61. The molecule has 6 amide bonds. The van der Waals surface area contributed by atoms with Crippen LogP contribution in [0.1, 0.15) is 50.2 Å². The van der Waals surface area contributed by atoms with Gasteiger partial charge < -0.3 is 41.2 Å². The summed E-state index contributed by atoms with van der Waals surface area (Å²) in [6.45, 7) is 2.20. The highest BCUT2D eigenvalue weighted by molar-refractivity contribution is 6.27. The number of primary amides is 1. The van der Waals surface area contributed by atoms with E-state index in [4.69, 9.17) is 22.1 Å². The van der Waals surface area contributed by atoms with Gasteiger partial charge in [-0.25, -0.2) is 9.59 Å². The smallest absolute Gasteiger partial charge is 0.328 e. The first-order valence-electron chi connectivity index (χ1n) is 17.6. The van der Waals surface area contributed by atoms with Crippen LogP contribution in [-0.4, -0.2) is 107 Å². The number of amides is 6. The number of carbonyl (C=O) groups is 6. The molecule has 1 aliphatic rings. The number of para-hydroxylation sites is 1. The second-order valence-corrected chi connectivity index (χ2v) is 13.0. The number of nitrogens with one attached hydrogen (secondary N) is 4. The molecule has 0 saturated carbocycles. The fourth-order valence-electron chi connectivity index (χ4n) is 6.43. The Morgan fingerprint density at radius 2 is 1.73 bits per heavy atom. The van der Waals surface area contributed by atoms with Crippen LogP contribution in [0.25, 0.3) is 10.9 Å². The van der Waals surface area contributed by atoms with Crippen molar-refractivity contribution in [3.05, 3.63) is 71.9 Å². The van der Waals surface area contributed by atoms with E-state index >= 15 is 0 Å². The summed E-state index contributed by atoms with van der Waals surface area (Å²) >= 11 is 5.90. The fourth-order valence-corrected chi connectivity index (χ4v) is 6.62. The van der Waals surface area contributed by atoms with Gasteiger partial charge in [-0.3, -0.25) is 19.2 Å². The minimum Gasteiger partial charge on any atom is -0.464 e. The van der Waals surface area contributed by atoms with E-state index in [0.29, 0.717) is 25.7 Å². The molecule has 6 N–H and O–H groups in total. The number of H-pyrrole nitrogens is 1. The van der Waals surface area contributed by atoms with Crippen LogP contribution in [-0.2, 0) is 41.6 Å². The first kappa shape index (κ1) is 39.7. The molecule has 0 aliphatic carbocycles. The van der Waals surface area contributed by atoms with E-state index in [9.17, 15) is 28.8 Å². The Morgan fingerprint density at radius 1 is 1.00 bits per heavy atom. The monoisotopic (exact) mass is 737 g/mol. The zero-order chi connectivity index (χ0) is 37.6. The molecule has 0 bridgehead atoms. The molecular formula is C37H48ClN7O7. The van der Waals surface area contributed by atoms with Gasteiger partial charge in [-0.2, -0.15) is 0 Å². The number of hydrogen-bond donors (Lipinski definition) is 5. The van der Waals surface area contributed by atoms with Crippen molar-refractivity contribution < 1.29 is 33.5 Å². The van der Waals surface area contributed by atoms with Crippen molar-refractivity contribution in [2.45, 2.75) is 76.0 Å². The van der Waals surface area contributed by atoms with Crippen molar-refractivity contribution in [3.8, 4) is 0 Å². The van der Waals surface area contributed by atoms with E-state index in [-0.39, 0.29) is 44.8 Å². The number of rotatable bonds is 17. The number of likely N-dealkylation sites (N-methyl/N-ethyl adjacent to an activating group) is 1. The van der Waals surface area contributed by atoms with Crippen LogP contribution < -0.4 is 21.7 Å². The van der Waals surface area contributed by atoms with Gasteiger partial charge in [0.15, 0.2) is 0 Å². The van der Waals surface area contributed by atoms with Crippen LogP contribution in [0.2, 0.25) is 0 Å². The maximum absolute atomic E-state index is 14.3. The zero-order valence-corrected chi connectivity index (χ0v) is 30.3. The van der Waals surface area contributed by atoms with E-state index in [0.717, 1.165) is 22.0 Å². The molecule has 1 aromatic heterocycles. The fraction of sp³-hybridized carbons (Fsp3) is 0.459. The van der Waals surface area contributed by atoms with Crippen LogP contribution in [0.3, 0.4) is 0 Å². The normalized spacial score (nSPS) is 15.9. The largest absolute Gasteiger partial charge is 0.464 e. The van der Waals surface area contributed by atoms with Gasteiger partial charge in [-0.1, -0.05) is 48.5 Å².